The molecule has 0 spiro atoms. The molecule has 146 valence electrons. The molecule has 0 aliphatic heterocycles. The molecular formula is C24H17N3O2S. The first-order chi connectivity index (χ1) is 14.7. The third kappa shape index (κ3) is 3.60. The van der Waals surface area contributed by atoms with Crippen molar-refractivity contribution in [2.45, 2.75) is 6.92 Å². The zero-order valence-corrected chi connectivity index (χ0v) is 17.0. The van der Waals surface area contributed by atoms with Gasteiger partial charge in [0.1, 0.15) is 11.5 Å². The number of hydrogen-bond acceptors (Lipinski definition) is 5. The fourth-order valence-corrected chi connectivity index (χ4v) is 4.01. The predicted molar refractivity (Wildman–Crippen MR) is 119 cm³/mol. The number of rotatable bonds is 4. The van der Waals surface area contributed by atoms with Gasteiger partial charge in [0.25, 0.3) is 5.56 Å². The summed E-state index contributed by atoms with van der Waals surface area (Å²) in [4.78, 5) is 17.9. The van der Waals surface area contributed by atoms with Crippen LogP contribution in [0.3, 0.4) is 0 Å². The van der Waals surface area contributed by atoms with Crippen LogP contribution in [0.1, 0.15) is 11.1 Å². The van der Waals surface area contributed by atoms with Gasteiger partial charge < -0.3 is 4.74 Å². The largest absolute Gasteiger partial charge is 0.457 e. The number of nitrogens with zero attached hydrogens (tertiary/aromatic N) is 3. The van der Waals surface area contributed by atoms with Gasteiger partial charge in [-0.3, -0.25) is 4.79 Å². The van der Waals surface area contributed by atoms with Crippen LogP contribution in [-0.2, 0) is 0 Å². The quantitative estimate of drug-likeness (QED) is 0.438. The molecular weight excluding hydrogens is 394 g/mol. The van der Waals surface area contributed by atoms with Gasteiger partial charge in [0.15, 0.2) is 5.82 Å². The van der Waals surface area contributed by atoms with Crippen LogP contribution in [0, 0.1) is 6.92 Å². The summed E-state index contributed by atoms with van der Waals surface area (Å²) in [6.07, 6.45) is 1.84. The van der Waals surface area contributed by atoms with Gasteiger partial charge in [0.05, 0.1) is 4.53 Å². The van der Waals surface area contributed by atoms with Crippen molar-refractivity contribution in [2.75, 3.05) is 0 Å². The maximum atomic E-state index is 12.8. The van der Waals surface area contributed by atoms with E-state index in [2.05, 4.69) is 10.1 Å². The maximum absolute atomic E-state index is 12.8. The third-order valence-electron chi connectivity index (χ3n) is 4.63. The maximum Gasteiger partial charge on any atom is 0.291 e. The van der Waals surface area contributed by atoms with Gasteiger partial charge in [-0.15, -0.1) is 5.10 Å². The lowest BCUT2D eigenvalue weighted by Gasteiger charge is -2.05. The Balaban J connectivity index is 1.48. The highest BCUT2D eigenvalue weighted by Gasteiger charge is 2.12. The molecule has 5 aromatic rings. The highest BCUT2D eigenvalue weighted by molar-refractivity contribution is 7.15. The number of para-hydroxylation sites is 1. The summed E-state index contributed by atoms with van der Waals surface area (Å²) < 4.78 is 7.83. The van der Waals surface area contributed by atoms with Crippen molar-refractivity contribution in [3.05, 3.63) is 105 Å². The molecule has 6 heteroatoms. The fraction of sp³-hybridized carbons (Fsp3) is 0.0417. The van der Waals surface area contributed by atoms with E-state index in [1.807, 2.05) is 91.9 Å². The van der Waals surface area contributed by atoms with Crippen molar-refractivity contribution in [1.29, 1.82) is 0 Å². The molecule has 0 unspecified atom stereocenters. The Morgan fingerprint density at radius 2 is 1.70 bits per heavy atom. The molecule has 0 bridgehead atoms. The number of benzene rings is 3. The molecule has 2 heterocycles. The van der Waals surface area contributed by atoms with E-state index in [0.717, 1.165) is 16.9 Å². The Morgan fingerprint density at radius 3 is 2.47 bits per heavy atom. The summed E-state index contributed by atoms with van der Waals surface area (Å²) in [6.45, 7) is 2.03. The molecule has 2 aromatic heterocycles. The number of hydrogen-bond donors (Lipinski definition) is 0. The first kappa shape index (κ1) is 18.3. The van der Waals surface area contributed by atoms with Crippen LogP contribution in [0.2, 0.25) is 0 Å². The van der Waals surface area contributed by atoms with Crippen molar-refractivity contribution in [3.8, 4) is 22.9 Å². The minimum absolute atomic E-state index is 0.171. The monoisotopic (exact) mass is 411 g/mol. The molecule has 0 aliphatic rings. The van der Waals surface area contributed by atoms with Gasteiger partial charge in [-0.25, -0.2) is 0 Å². The van der Waals surface area contributed by atoms with Gasteiger partial charge in [-0.05, 0) is 42.8 Å². The number of ether oxygens (including phenoxy) is 1. The standard InChI is InChI=1S/C24H17N3O2S/c1-16-10-12-18(13-11-16)22-25-24-27(26-22)23(28)21(30-24)15-17-6-5-9-20(14-17)29-19-7-3-2-4-8-19/h2-15H,1H3/b21-15-. The highest BCUT2D eigenvalue weighted by atomic mass is 32.1. The van der Waals surface area contributed by atoms with Crippen LogP contribution in [0.15, 0.2) is 83.7 Å². The molecule has 0 fully saturated rings. The van der Waals surface area contributed by atoms with Crippen molar-refractivity contribution >= 4 is 22.4 Å². The second-order valence-corrected chi connectivity index (χ2v) is 7.91. The molecule has 0 atom stereocenters. The lowest BCUT2D eigenvalue weighted by molar-refractivity contribution is 0.482. The van der Waals surface area contributed by atoms with Crippen LogP contribution in [-0.4, -0.2) is 14.6 Å². The summed E-state index contributed by atoms with van der Waals surface area (Å²) in [7, 11) is 0. The Kier molecular flexibility index (Phi) is 4.61. The summed E-state index contributed by atoms with van der Waals surface area (Å²) in [5, 5.41) is 4.41. The average molecular weight is 411 g/mol. The van der Waals surface area contributed by atoms with E-state index < -0.39 is 0 Å². The summed E-state index contributed by atoms with van der Waals surface area (Å²) >= 11 is 1.33. The third-order valence-corrected chi connectivity index (χ3v) is 5.59. The Morgan fingerprint density at radius 1 is 0.933 bits per heavy atom. The van der Waals surface area contributed by atoms with E-state index in [1.54, 1.807) is 0 Å². The first-order valence-electron chi connectivity index (χ1n) is 9.47. The molecule has 0 N–H and O–H groups in total. The summed E-state index contributed by atoms with van der Waals surface area (Å²) in [5.74, 6) is 2.04. The van der Waals surface area contributed by atoms with Crippen LogP contribution >= 0.6 is 11.3 Å². The molecule has 5 nitrogen and oxygen atoms in total. The first-order valence-corrected chi connectivity index (χ1v) is 10.3. The van der Waals surface area contributed by atoms with Gasteiger partial charge in [0, 0.05) is 5.56 Å². The average Bonchev–Trinajstić information content (AvgIpc) is 3.29. The van der Waals surface area contributed by atoms with E-state index in [9.17, 15) is 4.79 Å². The number of fused-ring (bicyclic) bond motifs is 1. The van der Waals surface area contributed by atoms with E-state index >= 15 is 0 Å². The normalized spacial score (nSPS) is 11.8. The lowest BCUT2D eigenvalue weighted by atomic mass is 10.1. The van der Waals surface area contributed by atoms with Gasteiger partial charge in [0.2, 0.25) is 4.96 Å². The van der Waals surface area contributed by atoms with E-state index in [1.165, 1.54) is 21.4 Å². The topological polar surface area (TPSA) is 56.5 Å². The van der Waals surface area contributed by atoms with E-state index in [-0.39, 0.29) is 5.56 Å². The summed E-state index contributed by atoms with van der Waals surface area (Å²) in [6, 6.07) is 25.2. The van der Waals surface area contributed by atoms with Crippen LogP contribution in [0.4, 0.5) is 0 Å². The minimum atomic E-state index is -0.171. The minimum Gasteiger partial charge on any atom is -0.457 e. The zero-order chi connectivity index (χ0) is 20.5. The molecule has 0 amide bonds. The van der Waals surface area contributed by atoms with Crippen molar-refractivity contribution < 1.29 is 4.74 Å². The molecule has 0 aliphatic carbocycles. The van der Waals surface area contributed by atoms with Crippen LogP contribution < -0.4 is 14.8 Å². The van der Waals surface area contributed by atoms with Crippen molar-refractivity contribution in [2.24, 2.45) is 0 Å². The fourth-order valence-electron chi connectivity index (χ4n) is 3.10. The molecule has 0 radical (unpaired) electrons. The molecule has 0 saturated heterocycles. The number of aromatic nitrogens is 3. The van der Waals surface area contributed by atoms with Crippen molar-refractivity contribution in [3.63, 3.8) is 0 Å². The highest BCUT2D eigenvalue weighted by Crippen LogP contribution is 2.22. The SMILES string of the molecule is Cc1ccc(-c2nc3s/c(=C\c4cccc(Oc5ccccc5)c4)c(=O)n3n2)cc1. The van der Waals surface area contributed by atoms with Crippen molar-refractivity contribution in [1.82, 2.24) is 14.6 Å². The molecule has 30 heavy (non-hydrogen) atoms. The van der Waals surface area contributed by atoms with Gasteiger partial charge in [-0.2, -0.15) is 9.50 Å². The summed E-state index contributed by atoms with van der Waals surface area (Å²) in [5.41, 5.74) is 2.77. The second-order valence-electron chi connectivity index (χ2n) is 6.90. The van der Waals surface area contributed by atoms with Gasteiger partial charge >= 0.3 is 0 Å². The van der Waals surface area contributed by atoms with Gasteiger partial charge in [-0.1, -0.05) is 71.5 Å². The molecule has 3 aromatic carbocycles. The Bertz CT molecular complexity index is 1440. The van der Waals surface area contributed by atoms with E-state index in [4.69, 9.17) is 4.74 Å². The van der Waals surface area contributed by atoms with Crippen LogP contribution in [0.5, 0.6) is 11.5 Å². The second kappa shape index (κ2) is 7.57. The zero-order valence-electron chi connectivity index (χ0n) is 16.1. The van der Waals surface area contributed by atoms with Crippen LogP contribution in [0.25, 0.3) is 22.4 Å². The lowest BCUT2D eigenvalue weighted by Crippen LogP contribution is -2.23. The number of aryl methyl sites for hydroxylation is 1. The molecule has 0 saturated carbocycles. The molecule has 5 rings (SSSR count). The smallest absolute Gasteiger partial charge is 0.291 e. The number of thiazole rings is 1. The predicted octanol–water partition coefficient (Wildman–Crippen LogP) is 4.47. The van der Waals surface area contributed by atoms with E-state index in [0.29, 0.717) is 21.1 Å². The Hall–Kier alpha value is -3.77. The Labute approximate surface area is 176 Å².